The van der Waals surface area contributed by atoms with Crippen LogP contribution in [0.5, 0.6) is 0 Å². The number of rotatable bonds is 3. The lowest BCUT2D eigenvalue weighted by molar-refractivity contribution is 0.181. The Morgan fingerprint density at radius 3 is 2.08 bits per heavy atom. The van der Waals surface area contributed by atoms with E-state index < -0.39 is 0 Å². The number of hydrogen-bond acceptors (Lipinski definition) is 2. The maximum atomic E-state index is 5.64. The SMILES string of the molecule is Cl.NCC1CCN(CC2CC2)CC1. The Hall–Kier alpha value is 0.210. The fourth-order valence-electron chi connectivity index (χ4n) is 2.07. The summed E-state index contributed by atoms with van der Waals surface area (Å²) < 4.78 is 0. The number of piperidine rings is 1. The lowest BCUT2D eigenvalue weighted by atomic mass is 9.97. The summed E-state index contributed by atoms with van der Waals surface area (Å²) in [6.45, 7) is 4.88. The van der Waals surface area contributed by atoms with Crippen LogP contribution in [0.3, 0.4) is 0 Å². The van der Waals surface area contributed by atoms with Crippen LogP contribution in [0.1, 0.15) is 25.7 Å². The monoisotopic (exact) mass is 204 g/mol. The Morgan fingerprint density at radius 1 is 1.00 bits per heavy atom. The van der Waals surface area contributed by atoms with Crippen molar-refractivity contribution in [1.29, 1.82) is 0 Å². The largest absolute Gasteiger partial charge is 0.330 e. The molecule has 1 saturated heterocycles. The molecule has 1 aliphatic carbocycles. The molecule has 78 valence electrons. The number of halogens is 1. The van der Waals surface area contributed by atoms with Gasteiger partial charge >= 0.3 is 0 Å². The Balaban J connectivity index is 0.000000845. The van der Waals surface area contributed by atoms with Crippen LogP contribution in [0.4, 0.5) is 0 Å². The second-order valence-corrected chi connectivity index (χ2v) is 4.42. The van der Waals surface area contributed by atoms with E-state index in [-0.39, 0.29) is 12.4 Å². The van der Waals surface area contributed by atoms with Crippen LogP contribution in [-0.4, -0.2) is 31.1 Å². The molecular formula is C10H21ClN2. The quantitative estimate of drug-likeness (QED) is 0.755. The first-order valence-electron chi connectivity index (χ1n) is 5.31. The summed E-state index contributed by atoms with van der Waals surface area (Å²) >= 11 is 0. The summed E-state index contributed by atoms with van der Waals surface area (Å²) in [6.07, 6.45) is 5.64. The molecule has 2 nitrogen and oxygen atoms in total. The highest BCUT2D eigenvalue weighted by atomic mass is 35.5. The van der Waals surface area contributed by atoms with Crippen molar-refractivity contribution in [3.05, 3.63) is 0 Å². The molecular weight excluding hydrogens is 184 g/mol. The lowest BCUT2D eigenvalue weighted by Gasteiger charge is -2.31. The Bertz CT molecular complexity index is 140. The van der Waals surface area contributed by atoms with E-state index in [1.807, 2.05) is 0 Å². The topological polar surface area (TPSA) is 29.3 Å². The van der Waals surface area contributed by atoms with E-state index in [1.54, 1.807) is 0 Å². The van der Waals surface area contributed by atoms with Crippen LogP contribution >= 0.6 is 12.4 Å². The van der Waals surface area contributed by atoms with Gasteiger partial charge in [0.05, 0.1) is 0 Å². The van der Waals surface area contributed by atoms with Crippen LogP contribution in [0.2, 0.25) is 0 Å². The van der Waals surface area contributed by atoms with Crippen molar-refractivity contribution in [2.24, 2.45) is 17.6 Å². The minimum Gasteiger partial charge on any atom is -0.330 e. The summed E-state index contributed by atoms with van der Waals surface area (Å²) in [5.74, 6) is 1.87. The third kappa shape index (κ3) is 3.45. The molecule has 0 bridgehead atoms. The van der Waals surface area contributed by atoms with Gasteiger partial charge in [-0.05, 0) is 57.2 Å². The van der Waals surface area contributed by atoms with Crippen molar-refractivity contribution in [3.63, 3.8) is 0 Å². The highest BCUT2D eigenvalue weighted by Gasteiger charge is 2.26. The average Bonchev–Trinajstić information content (AvgIpc) is 2.90. The molecule has 0 aromatic carbocycles. The van der Waals surface area contributed by atoms with E-state index in [0.717, 1.165) is 18.4 Å². The van der Waals surface area contributed by atoms with Gasteiger partial charge < -0.3 is 10.6 Å². The maximum absolute atomic E-state index is 5.64. The molecule has 1 aliphatic heterocycles. The van der Waals surface area contributed by atoms with Gasteiger partial charge in [0.1, 0.15) is 0 Å². The molecule has 0 atom stereocenters. The van der Waals surface area contributed by atoms with Crippen LogP contribution in [0, 0.1) is 11.8 Å². The normalized spacial score (nSPS) is 25.6. The molecule has 2 fully saturated rings. The first-order valence-corrected chi connectivity index (χ1v) is 5.31. The summed E-state index contributed by atoms with van der Waals surface area (Å²) in [5.41, 5.74) is 5.64. The van der Waals surface area contributed by atoms with Crippen LogP contribution in [-0.2, 0) is 0 Å². The number of likely N-dealkylation sites (tertiary alicyclic amines) is 1. The molecule has 1 saturated carbocycles. The van der Waals surface area contributed by atoms with Gasteiger partial charge in [0.25, 0.3) is 0 Å². The smallest absolute Gasteiger partial charge is 0.000966 e. The van der Waals surface area contributed by atoms with Crippen molar-refractivity contribution < 1.29 is 0 Å². The molecule has 0 radical (unpaired) electrons. The third-order valence-electron chi connectivity index (χ3n) is 3.25. The molecule has 13 heavy (non-hydrogen) atoms. The predicted octanol–water partition coefficient (Wildman–Crippen LogP) is 1.49. The van der Waals surface area contributed by atoms with Crippen molar-refractivity contribution in [2.75, 3.05) is 26.2 Å². The number of hydrogen-bond donors (Lipinski definition) is 1. The van der Waals surface area contributed by atoms with Gasteiger partial charge in [-0.1, -0.05) is 0 Å². The molecule has 2 aliphatic rings. The van der Waals surface area contributed by atoms with Crippen molar-refractivity contribution in [2.45, 2.75) is 25.7 Å². The molecule has 2 N–H and O–H groups in total. The average molecular weight is 205 g/mol. The Kier molecular flexibility index (Phi) is 4.50. The fourth-order valence-corrected chi connectivity index (χ4v) is 2.07. The highest BCUT2D eigenvalue weighted by Crippen LogP contribution is 2.30. The summed E-state index contributed by atoms with van der Waals surface area (Å²) in [6, 6.07) is 0. The first-order chi connectivity index (χ1) is 5.88. The van der Waals surface area contributed by atoms with Crippen molar-refractivity contribution in [3.8, 4) is 0 Å². The van der Waals surface area contributed by atoms with Crippen LogP contribution in [0.25, 0.3) is 0 Å². The van der Waals surface area contributed by atoms with Gasteiger partial charge in [-0.25, -0.2) is 0 Å². The van der Waals surface area contributed by atoms with Crippen LogP contribution < -0.4 is 5.73 Å². The van der Waals surface area contributed by atoms with Gasteiger partial charge in [0, 0.05) is 6.54 Å². The maximum Gasteiger partial charge on any atom is 0.000966 e. The van der Waals surface area contributed by atoms with E-state index in [0.29, 0.717) is 0 Å². The summed E-state index contributed by atoms with van der Waals surface area (Å²) in [5, 5.41) is 0. The standard InChI is InChI=1S/C10H20N2.ClH/c11-7-9-3-5-12(6-4-9)8-10-1-2-10;/h9-10H,1-8,11H2;1H. The molecule has 1 heterocycles. The van der Waals surface area contributed by atoms with E-state index in [1.165, 1.54) is 45.3 Å². The molecule has 0 amide bonds. The predicted molar refractivity (Wildman–Crippen MR) is 58.2 cm³/mol. The van der Waals surface area contributed by atoms with E-state index in [4.69, 9.17) is 5.73 Å². The second kappa shape index (κ2) is 5.18. The van der Waals surface area contributed by atoms with Gasteiger partial charge in [-0.2, -0.15) is 0 Å². The van der Waals surface area contributed by atoms with Crippen molar-refractivity contribution in [1.82, 2.24) is 4.90 Å². The van der Waals surface area contributed by atoms with Gasteiger partial charge in [0.15, 0.2) is 0 Å². The van der Waals surface area contributed by atoms with E-state index in [9.17, 15) is 0 Å². The summed E-state index contributed by atoms with van der Waals surface area (Å²) in [7, 11) is 0. The zero-order chi connectivity index (χ0) is 8.39. The third-order valence-corrected chi connectivity index (χ3v) is 3.25. The minimum atomic E-state index is 0. The first kappa shape index (κ1) is 11.3. The minimum absolute atomic E-state index is 0. The molecule has 0 aromatic rings. The Morgan fingerprint density at radius 2 is 1.62 bits per heavy atom. The highest BCUT2D eigenvalue weighted by molar-refractivity contribution is 5.85. The molecule has 0 aromatic heterocycles. The molecule has 0 unspecified atom stereocenters. The summed E-state index contributed by atoms with van der Waals surface area (Å²) in [4.78, 5) is 2.63. The van der Waals surface area contributed by atoms with Gasteiger partial charge in [0.2, 0.25) is 0 Å². The second-order valence-electron chi connectivity index (χ2n) is 4.42. The number of nitrogens with zero attached hydrogens (tertiary/aromatic N) is 1. The molecule has 3 heteroatoms. The van der Waals surface area contributed by atoms with E-state index in [2.05, 4.69) is 4.90 Å². The molecule has 2 rings (SSSR count). The zero-order valence-corrected chi connectivity index (χ0v) is 9.06. The zero-order valence-electron chi connectivity index (χ0n) is 8.24. The Labute approximate surface area is 87.3 Å². The van der Waals surface area contributed by atoms with Crippen molar-refractivity contribution >= 4 is 12.4 Å². The molecule has 0 spiro atoms. The van der Waals surface area contributed by atoms with Gasteiger partial charge in [-0.3, -0.25) is 0 Å². The number of nitrogens with two attached hydrogens (primary N) is 1. The fraction of sp³-hybridized carbons (Fsp3) is 1.00. The van der Waals surface area contributed by atoms with Gasteiger partial charge in [-0.15, -0.1) is 12.4 Å². The lowest BCUT2D eigenvalue weighted by Crippen LogP contribution is -2.37. The van der Waals surface area contributed by atoms with Crippen LogP contribution in [0.15, 0.2) is 0 Å². The van der Waals surface area contributed by atoms with E-state index >= 15 is 0 Å².